The van der Waals surface area contributed by atoms with Gasteiger partial charge >= 0.3 is 0 Å². The van der Waals surface area contributed by atoms with Crippen LogP contribution in [0, 0.1) is 0 Å². The van der Waals surface area contributed by atoms with Gasteiger partial charge in [-0.1, -0.05) is 19.8 Å². The fraction of sp³-hybridized carbons (Fsp3) is 0.857. The predicted molar refractivity (Wildman–Crippen MR) is 135 cm³/mol. The van der Waals surface area contributed by atoms with Crippen LogP contribution in [0.25, 0.3) is 0 Å². The van der Waals surface area contributed by atoms with Crippen LogP contribution in [0.3, 0.4) is 0 Å². The number of hydrogen-bond donors (Lipinski definition) is 2. The standard InChI is InChI=1S/C21H38N6S.HI/c1-3-22-21(24-17-10-8-11-18(16-17)28-4-2)23-14-9-13-20-26-25-19-12-6-5-7-15-27(19)20;/h17-18H,3-16H2,1-2H3,(H2,22,23,24);1H. The molecule has 1 aliphatic heterocycles. The third kappa shape index (κ3) is 7.92. The summed E-state index contributed by atoms with van der Waals surface area (Å²) < 4.78 is 2.35. The highest BCUT2D eigenvalue weighted by Crippen LogP contribution is 2.28. The van der Waals surface area contributed by atoms with E-state index in [1.54, 1.807) is 0 Å². The van der Waals surface area contributed by atoms with Crippen molar-refractivity contribution in [3.05, 3.63) is 11.6 Å². The quantitative estimate of drug-likeness (QED) is 0.227. The van der Waals surface area contributed by atoms with Crippen LogP contribution < -0.4 is 10.6 Å². The van der Waals surface area contributed by atoms with Gasteiger partial charge in [-0.25, -0.2) is 0 Å². The predicted octanol–water partition coefficient (Wildman–Crippen LogP) is 4.17. The Hall–Kier alpha value is -0.510. The first-order chi connectivity index (χ1) is 13.8. The molecule has 2 heterocycles. The summed E-state index contributed by atoms with van der Waals surface area (Å²) in [5.41, 5.74) is 0. The van der Waals surface area contributed by atoms with E-state index < -0.39 is 0 Å². The second-order valence-electron chi connectivity index (χ2n) is 7.94. The van der Waals surface area contributed by atoms with Gasteiger partial charge in [0.15, 0.2) is 5.96 Å². The summed E-state index contributed by atoms with van der Waals surface area (Å²) in [6.07, 6.45) is 12.1. The summed E-state index contributed by atoms with van der Waals surface area (Å²) in [4.78, 5) is 4.84. The molecule has 1 saturated carbocycles. The second-order valence-corrected chi connectivity index (χ2v) is 9.52. The molecule has 2 atom stereocenters. The van der Waals surface area contributed by atoms with E-state index in [4.69, 9.17) is 4.99 Å². The molecule has 8 heteroatoms. The zero-order valence-corrected chi connectivity index (χ0v) is 21.3. The molecule has 2 unspecified atom stereocenters. The Kier molecular flexibility index (Phi) is 11.7. The molecule has 0 bridgehead atoms. The first kappa shape index (κ1) is 24.8. The lowest BCUT2D eigenvalue weighted by Gasteiger charge is -2.30. The molecule has 1 aromatic rings. The monoisotopic (exact) mass is 534 g/mol. The molecule has 0 saturated heterocycles. The van der Waals surface area contributed by atoms with Gasteiger partial charge in [-0.2, -0.15) is 11.8 Å². The maximum absolute atomic E-state index is 4.84. The van der Waals surface area contributed by atoms with E-state index in [-0.39, 0.29) is 24.0 Å². The number of halogens is 1. The van der Waals surface area contributed by atoms with Crippen LogP contribution in [-0.2, 0) is 19.4 Å². The number of thioether (sulfide) groups is 1. The number of nitrogens with zero attached hydrogens (tertiary/aromatic N) is 4. The number of fused-ring (bicyclic) bond motifs is 1. The van der Waals surface area contributed by atoms with E-state index in [2.05, 4.69) is 51.0 Å². The Morgan fingerprint density at radius 3 is 2.90 bits per heavy atom. The molecule has 0 aromatic carbocycles. The average molecular weight is 535 g/mol. The number of aryl methyl sites for hydroxylation is 2. The summed E-state index contributed by atoms with van der Waals surface area (Å²) >= 11 is 2.11. The van der Waals surface area contributed by atoms with Crippen LogP contribution >= 0.6 is 35.7 Å². The molecule has 1 aromatic heterocycles. The minimum absolute atomic E-state index is 0. The highest BCUT2D eigenvalue weighted by molar-refractivity contribution is 14.0. The van der Waals surface area contributed by atoms with Crippen LogP contribution in [0.15, 0.2) is 4.99 Å². The minimum Gasteiger partial charge on any atom is -0.357 e. The summed E-state index contributed by atoms with van der Waals surface area (Å²) in [5.74, 6) is 4.53. The van der Waals surface area contributed by atoms with Crippen molar-refractivity contribution in [2.75, 3.05) is 18.8 Å². The first-order valence-electron chi connectivity index (χ1n) is 11.4. The van der Waals surface area contributed by atoms with Gasteiger partial charge in [0.25, 0.3) is 0 Å². The maximum Gasteiger partial charge on any atom is 0.191 e. The van der Waals surface area contributed by atoms with Gasteiger partial charge in [-0.3, -0.25) is 4.99 Å². The number of hydrogen-bond acceptors (Lipinski definition) is 4. The minimum atomic E-state index is 0. The highest BCUT2D eigenvalue weighted by atomic mass is 127. The summed E-state index contributed by atoms with van der Waals surface area (Å²) in [6, 6.07) is 0.558. The Balaban J connectivity index is 0.00000300. The van der Waals surface area contributed by atoms with Crippen molar-refractivity contribution in [2.45, 2.75) is 95.9 Å². The smallest absolute Gasteiger partial charge is 0.191 e. The Labute approximate surface area is 197 Å². The van der Waals surface area contributed by atoms with E-state index in [1.165, 1.54) is 56.5 Å². The number of aromatic nitrogens is 3. The Morgan fingerprint density at radius 1 is 1.17 bits per heavy atom. The van der Waals surface area contributed by atoms with E-state index in [0.717, 1.165) is 55.9 Å². The van der Waals surface area contributed by atoms with Crippen LogP contribution in [0.2, 0.25) is 0 Å². The lowest BCUT2D eigenvalue weighted by molar-refractivity contribution is 0.419. The zero-order chi connectivity index (χ0) is 19.6. The third-order valence-corrected chi connectivity index (χ3v) is 6.96. The summed E-state index contributed by atoms with van der Waals surface area (Å²) in [6.45, 7) is 7.23. The SMILES string of the molecule is CCNC(=NCCCc1nnc2n1CCCCC2)NC1CCCC(SCC)C1.I. The van der Waals surface area contributed by atoms with Crippen molar-refractivity contribution < 1.29 is 0 Å². The molecule has 6 nitrogen and oxygen atoms in total. The van der Waals surface area contributed by atoms with Gasteiger partial charge in [0, 0.05) is 43.8 Å². The van der Waals surface area contributed by atoms with E-state index in [0.29, 0.717) is 6.04 Å². The fourth-order valence-electron chi connectivity index (χ4n) is 4.33. The van der Waals surface area contributed by atoms with Gasteiger partial charge < -0.3 is 15.2 Å². The van der Waals surface area contributed by atoms with E-state index in [1.807, 2.05) is 0 Å². The Bertz CT molecular complexity index is 618. The highest BCUT2D eigenvalue weighted by Gasteiger charge is 2.22. The molecular formula is C21H39IN6S. The third-order valence-electron chi connectivity index (χ3n) is 5.73. The van der Waals surface area contributed by atoms with E-state index >= 15 is 0 Å². The molecule has 2 N–H and O–H groups in total. The fourth-order valence-corrected chi connectivity index (χ4v) is 5.51. The largest absolute Gasteiger partial charge is 0.357 e. The summed E-state index contributed by atoms with van der Waals surface area (Å²) in [5, 5.41) is 16.8. The zero-order valence-electron chi connectivity index (χ0n) is 18.2. The molecular weight excluding hydrogens is 495 g/mol. The van der Waals surface area contributed by atoms with Crippen molar-refractivity contribution in [1.29, 1.82) is 0 Å². The van der Waals surface area contributed by atoms with Crippen LogP contribution in [0.5, 0.6) is 0 Å². The average Bonchev–Trinajstić information content (AvgIpc) is 2.92. The molecule has 0 spiro atoms. The first-order valence-corrected chi connectivity index (χ1v) is 12.4. The lowest BCUT2D eigenvalue weighted by atomic mass is 9.95. The number of rotatable bonds is 8. The van der Waals surface area contributed by atoms with Crippen molar-refractivity contribution in [2.24, 2.45) is 4.99 Å². The van der Waals surface area contributed by atoms with Crippen LogP contribution in [-0.4, -0.2) is 50.9 Å². The second kappa shape index (κ2) is 13.7. The molecule has 1 aliphatic carbocycles. The molecule has 0 amide bonds. The number of aliphatic imine (C=N–C) groups is 1. The maximum atomic E-state index is 4.84. The molecule has 3 rings (SSSR count). The van der Waals surface area contributed by atoms with Crippen molar-refractivity contribution >= 4 is 41.7 Å². The molecule has 0 radical (unpaired) electrons. The van der Waals surface area contributed by atoms with Crippen LogP contribution in [0.4, 0.5) is 0 Å². The van der Waals surface area contributed by atoms with Gasteiger partial charge in [0.1, 0.15) is 11.6 Å². The van der Waals surface area contributed by atoms with Gasteiger partial charge in [0.05, 0.1) is 0 Å². The van der Waals surface area contributed by atoms with Crippen molar-refractivity contribution in [3.63, 3.8) is 0 Å². The molecule has 1 fully saturated rings. The van der Waals surface area contributed by atoms with Crippen molar-refractivity contribution in [1.82, 2.24) is 25.4 Å². The molecule has 2 aliphatic rings. The molecule has 29 heavy (non-hydrogen) atoms. The topological polar surface area (TPSA) is 67.1 Å². The number of nitrogens with one attached hydrogen (secondary N) is 2. The normalized spacial score (nSPS) is 22.3. The van der Waals surface area contributed by atoms with Crippen LogP contribution in [0.1, 0.15) is 76.9 Å². The number of guanidine groups is 1. The van der Waals surface area contributed by atoms with Crippen molar-refractivity contribution in [3.8, 4) is 0 Å². The Morgan fingerprint density at radius 2 is 2.07 bits per heavy atom. The van der Waals surface area contributed by atoms with Gasteiger partial charge in [-0.05, 0) is 51.2 Å². The lowest BCUT2D eigenvalue weighted by Crippen LogP contribution is -2.45. The molecule has 166 valence electrons. The summed E-state index contributed by atoms with van der Waals surface area (Å²) in [7, 11) is 0. The van der Waals surface area contributed by atoms with Gasteiger partial charge in [0.2, 0.25) is 0 Å². The van der Waals surface area contributed by atoms with Gasteiger partial charge in [-0.15, -0.1) is 34.2 Å². The van der Waals surface area contributed by atoms with E-state index in [9.17, 15) is 0 Å².